The highest BCUT2D eigenvalue weighted by Crippen LogP contribution is 2.29. The highest BCUT2D eigenvalue weighted by atomic mass is 16.5. The molecule has 0 unspecified atom stereocenters. The molecule has 0 spiro atoms. The molecule has 1 amide bonds. The number of hydrogen-bond donors (Lipinski definition) is 2. The summed E-state index contributed by atoms with van der Waals surface area (Å²) in [6, 6.07) is 7.48. The zero-order valence-corrected chi connectivity index (χ0v) is 14.1. The predicted octanol–water partition coefficient (Wildman–Crippen LogP) is 2.22. The Morgan fingerprint density at radius 3 is 2.79 bits per heavy atom. The molecule has 1 aromatic heterocycles. The topological polar surface area (TPSA) is 76.4 Å². The smallest absolute Gasteiger partial charge is 0.272 e. The molecule has 24 heavy (non-hydrogen) atoms. The molecule has 1 saturated carbocycles. The van der Waals surface area contributed by atoms with Gasteiger partial charge in [-0.25, -0.2) is 4.68 Å². The number of aliphatic hydroxyl groups excluding tert-OH is 1. The Labute approximate surface area is 141 Å². The maximum absolute atomic E-state index is 12.5. The van der Waals surface area contributed by atoms with Crippen LogP contribution in [-0.4, -0.2) is 40.0 Å². The van der Waals surface area contributed by atoms with E-state index >= 15 is 0 Å². The van der Waals surface area contributed by atoms with E-state index in [-0.39, 0.29) is 12.5 Å². The normalized spacial score (nSPS) is 16.1. The van der Waals surface area contributed by atoms with Crippen LogP contribution in [0.25, 0.3) is 5.69 Å². The van der Waals surface area contributed by atoms with Gasteiger partial charge in [-0.15, -0.1) is 0 Å². The number of amides is 1. The van der Waals surface area contributed by atoms with Crippen molar-refractivity contribution in [2.45, 2.75) is 38.1 Å². The standard InChI is InChI=1S/C18H23N3O3/c1-13-5-6-16(24-2)15(11-13)21-10-7-14(20-21)17(23)19-18(12-22)8-3-4-9-18/h5-7,10-11,22H,3-4,8-9,12H2,1-2H3,(H,19,23). The van der Waals surface area contributed by atoms with Gasteiger partial charge in [0.25, 0.3) is 5.91 Å². The largest absolute Gasteiger partial charge is 0.494 e. The molecule has 1 heterocycles. The van der Waals surface area contributed by atoms with Crippen molar-refractivity contribution in [3.63, 3.8) is 0 Å². The fraction of sp³-hybridized carbons (Fsp3) is 0.444. The lowest BCUT2D eigenvalue weighted by molar-refractivity contribution is 0.0833. The van der Waals surface area contributed by atoms with E-state index in [4.69, 9.17) is 4.74 Å². The van der Waals surface area contributed by atoms with E-state index in [1.54, 1.807) is 24.1 Å². The van der Waals surface area contributed by atoms with Crippen LogP contribution >= 0.6 is 0 Å². The SMILES string of the molecule is COc1ccc(C)cc1-n1ccc(C(=O)NC2(CO)CCCC2)n1. The molecule has 128 valence electrons. The molecule has 0 bridgehead atoms. The third-order valence-electron chi connectivity index (χ3n) is 4.64. The van der Waals surface area contributed by atoms with E-state index in [0.29, 0.717) is 11.4 Å². The van der Waals surface area contributed by atoms with Crippen LogP contribution in [-0.2, 0) is 0 Å². The number of benzene rings is 1. The van der Waals surface area contributed by atoms with E-state index in [1.165, 1.54) is 0 Å². The van der Waals surface area contributed by atoms with Crippen molar-refractivity contribution in [2.24, 2.45) is 0 Å². The third kappa shape index (κ3) is 3.14. The van der Waals surface area contributed by atoms with Crippen LogP contribution in [0.3, 0.4) is 0 Å². The second kappa shape index (κ2) is 6.65. The van der Waals surface area contributed by atoms with Crippen molar-refractivity contribution < 1.29 is 14.6 Å². The Hall–Kier alpha value is -2.34. The minimum Gasteiger partial charge on any atom is -0.494 e. The molecule has 2 N–H and O–H groups in total. The first kappa shape index (κ1) is 16.5. The van der Waals surface area contributed by atoms with E-state index in [2.05, 4.69) is 10.4 Å². The summed E-state index contributed by atoms with van der Waals surface area (Å²) < 4.78 is 7.01. The summed E-state index contributed by atoms with van der Waals surface area (Å²) in [5.74, 6) is 0.439. The third-order valence-corrected chi connectivity index (χ3v) is 4.64. The average molecular weight is 329 g/mol. The summed E-state index contributed by atoms with van der Waals surface area (Å²) in [6.07, 6.45) is 5.40. The Morgan fingerprint density at radius 2 is 2.12 bits per heavy atom. The number of aryl methyl sites for hydroxylation is 1. The highest BCUT2D eigenvalue weighted by Gasteiger charge is 2.35. The fourth-order valence-corrected chi connectivity index (χ4v) is 3.24. The number of carbonyl (C=O) groups excluding carboxylic acids is 1. The lowest BCUT2D eigenvalue weighted by Gasteiger charge is -2.27. The number of nitrogens with one attached hydrogen (secondary N) is 1. The number of aromatic nitrogens is 2. The monoisotopic (exact) mass is 329 g/mol. The van der Waals surface area contributed by atoms with Gasteiger partial charge in [0.2, 0.25) is 0 Å². The Balaban J connectivity index is 1.83. The van der Waals surface area contributed by atoms with Gasteiger partial charge in [0.15, 0.2) is 5.69 Å². The first-order valence-corrected chi connectivity index (χ1v) is 8.21. The van der Waals surface area contributed by atoms with Crippen molar-refractivity contribution in [1.82, 2.24) is 15.1 Å². The van der Waals surface area contributed by atoms with Gasteiger partial charge in [-0.05, 0) is 43.5 Å². The number of methoxy groups -OCH3 is 1. The first-order chi connectivity index (χ1) is 11.6. The van der Waals surface area contributed by atoms with E-state index in [9.17, 15) is 9.90 Å². The lowest BCUT2D eigenvalue weighted by Crippen LogP contribution is -2.49. The summed E-state index contributed by atoms with van der Waals surface area (Å²) in [5.41, 5.74) is 1.70. The molecular weight excluding hydrogens is 306 g/mol. The van der Waals surface area contributed by atoms with Crippen LogP contribution in [0, 0.1) is 6.92 Å². The van der Waals surface area contributed by atoms with Crippen molar-refractivity contribution >= 4 is 5.91 Å². The molecule has 3 rings (SSSR count). The summed E-state index contributed by atoms with van der Waals surface area (Å²) in [4.78, 5) is 12.5. The predicted molar refractivity (Wildman–Crippen MR) is 90.6 cm³/mol. The van der Waals surface area contributed by atoms with Gasteiger partial charge < -0.3 is 15.2 Å². The number of ether oxygens (including phenoxy) is 1. The van der Waals surface area contributed by atoms with Crippen LogP contribution in [0.4, 0.5) is 0 Å². The van der Waals surface area contributed by atoms with Crippen LogP contribution in [0.15, 0.2) is 30.5 Å². The maximum atomic E-state index is 12.5. The summed E-state index contributed by atoms with van der Waals surface area (Å²) in [6.45, 7) is 1.95. The zero-order valence-electron chi connectivity index (χ0n) is 14.1. The van der Waals surface area contributed by atoms with Gasteiger partial charge in [-0.2, -0.15) is 5.10 Å². The number of carbonyl (C=O) groups is 1. The highest BCUT2D eigenvalue weighted by molar-refractivity contribution is 5.92. The van der Waals surface area contributed by atoms with E-state index in [1.807, 2.05) is 25.1 Å². The van der Waals surface area contributed by atoms with E-state index in [0.717, 1.165) is 36.9 Å². The molecule has 0 aliphatic heterocycles. The minimum atomic E-state index is -0.498. The van der Waals surface area contributed by atoms with Gasteiger partial charge in [0, 0.05) is 6.20 Å². The molecule has 0 radical (unpaired) electrons. The number of hydrogen-bond acceptors (Lipinski definition) is 4. The Morgan fingerprint density at radius 1 is 1.38 bits per heavy atom. The fourth-order valence-electron chi connectivity index (χ4n) is 3.24. The van der Waals surface area contributed by atoms with Gasteiger partial charge >= 0.3 is 0 Å². The number of nitrogens with zero attached hydrogens (tertiary/aromatic N) is 2. The molecule has 2 aromatic rings. The minimum absolute atomic E-state index is 0.0366. The van der Waals surface area contributed by atoms with Crippen molar-refractivity contribution in [2.75, 3.05) is 13.7 Å². The second-order valence-electron chi connectivity index (χ2n) is 6.42. The quantitative estimate of drug-likeness (QED) is 0.882. The molecule has 1 aliphatic rings. The van der Waals surface area contributed by atoms with Crippen molar-refractivity contribution in [3.8, 4) is 11.4 Å². The summed E-state index contributed by atoms with van der Waals surface area (Å²) >= 11 is 0. The number of rotatable bonds is 5. The summed E-state index contributed by atoms with van der Waals surface area (Å²) in [5, 5.41) is 17.0. The van der Waals surface area contributed by atoms with Gasteiger partial charge in [0.05, 0.1) is 19.3 Å². The van der Waals surface area contributed by atoms with Gasteiger partial charge in [-0.3, -0.25) is 4.79 Å². The van der Waals surface area contributed by atoms with Crippen LogP contribution < -0.4 is 10.1 Å². The second-order valence-corrected chi connectivity index (χ2v) is 6.42. The van der Waals surface area contributed by atoms with Crippen LogP contribution in [0.1, 0.15) is 41.7 Å². The van der Waals surface area contributed by atoms with Gasteiger partial charge in [-0.1, -0.05) is 18.9 Å². The van der Waals surface area contributed by atoms with Crippen molar-refractivity contribution in [1.29, 1.82) is 0 Å². The van der Waals surface area contributed by atoms with Crippen LogP contribution in [0.2, 0.25) is 0 Å². The molecule has 1 aromatic carbocycles. The van der Waals surface area contributed by atoms with E-state index < -0.39 is 5.54 Å². The van der Waals surface area contributed by atoms with Crippen LogP contribution in [0.5, 0.6) is 5.75 Å². The molecule has 0 atom stereocenters. The van der Waals surface area contributed by atoms with Crippen molar-refractivity contribution in [3.05, 3.63) is 41.7 Å². The molecule has 1 fully saturated rings. The molecule has 1 aliphatic carbocycles. The lowest BCUT2D eigenvalue weighted by atomic mass is 9.99. The Bertz CT molecular complexity index is 733. The Kier molecular flexibility index (Phi) is 4.57. The number of aliphatic hydroxyl groups is 1. The zero-order chi connectivity index (χ0) is 17.2. The van der Waals surface area contributed by atoms with Gasteiger partial charge in [0.1, 0.15) is 11.4 Å². The maximum Gasteiger partial charge on any atom is 0.272 e. The molecule has 6 heteroatoms. The first-order valence-electron chi connectivity index (χ1n) is 8.21. The average Bonchev–Trinajstić information content (AvgIpc) is 3.24. The summed E-state index contributed by atoms with van der Waals surface area (Å²) in [7, 11) is 1.61. The molecular formula is C18H23N3O3. The molecule has 0 saturated heterocycles. The molecule has 6 nitrogen and oxygen atoms in total.